The second-order valence-electron chi connectivity index (χ2n) is 7.80. The second-order valence-corrected chi connectivity index (χ2v) is 7.80. The Morgan fingerprint density at radius 3 is 2.66 bits per heavy atom. The minimum Gasteiger partial charge on any atom is -0.467 e. The number of morpholine rings is 1. The van der Waals surface area contributed by atoms with Crippen molar-refractivity contribution in [1.82, 2.24) is 19.8 Å². The first-order chi connectivity index (χ1) is 15.7. The normalized spacial score (nSPS) is 15.4. The third kappa shape index (κ3) is 5.15. The van der Waals surface area contributed by atoms with E-state index in [1.54, 1.807) is 6.20 Å². The summed E-state index contributed by atoms with van der Waals surface area (Å²) < 4.78 is 12.4. The summed E-state index contributed by atoms with van der Waals surface area (Å²) in [7, 11) is 1.33. The van der Waals surface area contributed by atoms with Gasteiger partial charge in [-0.1, -0.05) is 30.3 Å². The van der Waals surface area contributed by atoms with Gasteiger partial charge in [-0.05, 0) is 17.7 Å². The zero-order chi connectivity index (χ0) is 22.3. The number of rotatable bonds is 8. The third-order valence-electron chi connectivity index (χ3n) is 5.71. The molecule has 1 aliphatic heterocycles. The number of nitrogens with one attached hydrogen (secondary N) is 1. The van der Waals surface area contributed by atoms with Crippen LogP contribution in [0, 0.1) is 0 Å². The molecule has 0 bridgehead atoms. The molecule has 2 aromatic heterocycles. The number of hydrogen-bond donors (Lipinski definition) is 1. The molecular weight excluding hydrogens is 408 g/mol. The van der Waals surface area contributed by atoms with Gasteiger partial charge in [0.15, 0.2) is 0 Å². The standard InChI is InChI=1S/C24H28N4O4/c1-31-24(30)21(16-18-6-3-2-4-7-18)26-23(29)20-17-28(22-19(20)8-5-9-25-22)11-10-27-12-14-32-15-13-27/h2-9,17,21H,10-16H2,1H3,(H,26,29). The Morgan fingerprint density at radius 2 is 1.91 bits per heavy atom. The molecule has 3 heterocycles. The van der Waals surface area contributed by atoms with Gasteiger partial charge in [0.05, 0.1) is 25.9 Å². The minimum atomic E-state index is -0.779. The Hall–Kier alpha value is -3.23. The molecule has 1 aromatic carbocycles. The number of carbonyl (C=O) groups is 2. The van der Waals surface area contributed by atoms with Gasteiger partial charge < -0.3 is 19.4 Å². The summed E-state index contributed by atoms with van der Waals surface area (Å²) in [6.45, 7) is 4.86. The van der Waals surface area contributed by atoms with Crippen molar-refractivity contribution in [2.75, 3.05) is 40.0 Å². The first kappa shape index (κ1) is 22.0. The quantitative estimate of drug-likeness (QED) is 0.543. The van der Waals surface area contributed by atoms with Gasteiger partial charge in [0.1, 0.15) is 11.7 Å². The zero-order valence-corrected chi connectivity index (χ0v) is 18.2. The first-order valence-electron chi connectivity index (χ1n) is 10.8. The molecule has 0 spiro atoms. The van der Waals surface area contributed by atoms with Gasteiger partial charge in [-0.2, -0.15) is 0 Å². The Balaban J connectivity index is 1.53. The average Bonchev–Trinajstić information content (AvgIpc) is 3.22. The van der Waals surface area contributed by atoms with E-state index >= 15 is 0 Å². The number of methoxy groups -OCH3 is 1. The molecule has 0 aliphatic carbocycles. The van der Waals surface area contributed by atoms with Gasteiger partial charge in [-0.25, -0.2) is 9.78 Å². The molecule has 1 N–H and O–H groups in total. The van der Waals surface area contributed by atoms with E-state index in [1.807, 2.05) is 53.2 Å². The lowest BCUT2D eigenvalue weighted by Gasteiger charge is -2.26. The monoisotopic (exact) mass is 436 g/mol. The number of carbonyl (C=O) groups excluding carboxylic acids is 2. The summed E-state index contributed by atoms with van der Waals surface area (Å²) in [5.74, 6) is -0.796. The van der Waals surface area contributed by atoms with Crippen molar-refractivity contribution < 1.29 is 19.1 Å². The summed E-state index contributed by atoms with van der Waals surface area (Å²) >= 11 is 0. The molecule has 1 fully saturated rings. The lowest BCUT2D eigenvalue weighted by Crippen LogP contribution is -2.43. The van der Waals surface area contributed by atoms with E-state index in [1.165, 1.54) is 7.11 Å². The Morgan fingerprint density at radius 1 is 1.12 bits per heavy atom. The fourth-order valence-corrected chi connectivity index (χ4v) is 3.97. The highest BCUT2D eigenvalue weighted by atomic mass is 16.5. The number of benzene rings is 1. The number of amides is 1. The smallest absolute Gasteiger partial charge is 0.328 e. The van der Waals surface area contributed by atoms with Crippen molar-refractivity contribution >= 4 is 22.9 Å². The summed E-state index contributed by atoms with van der Waals surface area (Å²) in [5.41, 5.74) is 2.19. The van der Waals surface area contributed by atoms with Crippen LogP contribution in [-0.2, 0) is 27.2 Å². The fourth-order valence-electron chi connectivity index (χ4n) is 3.97. The van der Waals surface area contributed by atoms with E-state index in [0.29, 0.717) is 18.5 Å². The molecule has 8 nitrogen and oxygen atoms in total. The van der Waals surface area contributed by atoms with Crippen LogP contribution in [0.3, 0.4) is 0 Å². The fraction of sp³-hybridized carbons (Fsp3) is 0.375. The molecule has 3 aromatic rings. The van der Waals surface area contributed by atoms with Crippen LogP contribution in [-0.4, -0.2) is 72.3 Å². The van der Waals surface area contributed by atoms with Crippen LogP contribution in [0.5, 0.6) is 0 Å². The lowest BCUT2D eigenvalue weighted by atomic mass is 10.1. The SMILES string of the molecule is COC(=O)C(Cc1ccccc1)NC(=O)c1cn(CCN2CCOCC2)c2ncccc12. The summed E-state index contributed by atoms with van der Waals surface area (Å²) in [6.07, 6.45) is 3.90. The molecule has 1 saturated heterocycles. The maximum absolute atomic E-state index is 13.2. The predicted molar refractivity (Wildman–Crippen MR) is 120 cm³/mol. The number of hydrogen-bond acceptors (Lipinski definition) is 6. The number of ether oxygens (including phenoxy) is 2. The molecular formula is C24H28N4O4. The van der Waals surface area contributed by atoms with Crippen LogP contribution in [0.1, 0.15) is 15.9 Å². The van der Waals surface area contributed by atoms with Crippen molar-refractivity contribution in [2.45, 2.75) is 19.0 Å². The van der Waals surface area contributed by atoms with Crippen LogP contribution in [0.4, 0.5) is 0 Å². The van der Waals surface area contributed by atoms with Gasteiger partial charge >= 0.3 is 5.97 Å². The largest absolute Gasteiger partial charge is 0.467 e. The van der Waals surface area contributed by atoms with Gasteiger partial charge in [-0.3, -0.25) is 9.69 Å². The Bertz CT molecular complexity index is 1060. The molecule has 168 valence electrons. The van der Waals surface area contributed by atoms with E-state index in [0.717, 1.165) is 49.4 Å². The topological polar surface area (TPSA) is 85.7 Å². The van der Waals surface area contributed by atoms with Crippen LogP contribution in [0.15, 0.2) is 54.9 Å². The van der Waals surface area contributed by atoms with Gasteiger partial charge in [0.25, 0.3) is 5.91 Å². The Kier molecular flexibility index (Phi) is 7.14. The van der Waals surface area contributed by atoms with Crippen LogP contribution in [0.25, 0.3) is 11.0 Å². The number of esters is 1. The number of nitrogens with zero attached hydrogens (tertiary/aromatic N) is 3. The molecule has 0 radical (unpaired) electrons. The van der Waals surface area contributed by atoms with Gasteiger partial charge in [0.2, 0.25) is 0 Å². The summed E-state index contributed by atoms with van der Waals surface area (Å²) in [6, 6.07) is 12.5. The molecule has 0 saturated carbocycles. The van der Waals surface area contributed by atoms with Crippen molar-refractivity contribution in [3.8, 4) is 0 Å². The van der Waals surface area contributed by atoms with Gasteiger partial charge in [-0.15, -0.1) is 0 Å². The van der Waals surface area contributed by atoms with Crippen molar-refractivity contribution in [1.29, 1.82) is 0 Å². The number of fused-ring (bicyclic) bond motifs is 1. The molecule has 1 unspecified atom stereocenters. The molecule has 4 rings (SSSR count). The highest BCUT2D eigenvalue weighted by Gasteiger charge is 2.25. The van der Waals surface area contributed by atoms with E-state index in [4.69, 9.17) is 9.47 Å². The molecule has 1 atom stereocenters. The van der Waals surface area contributed by atoms with E-state index < -0.39 is 12.0 Å². The van der Waals surface area contributed by atoms with E-state index in [-0.39, 0.29) is 5.91 Å². The van der Waals surface area contributed by atoms with E-state index in [2.05, 4.69) is 15.2 Å². The van der Waals surface area contributed by atoms with Crippen molar-refractivity contribution in [2.24, 2.45) is 0 Å². The maximum atomic E-state index is 13.2. The number of aromatic nitrogens is 2. The molecule has 8 heteroatoms. The van der Waals surface area contributed by atoms with Crippen molar-refractivity contribution in [3.05, 3.63) is 66.0 Å². The van der Waals surface area contributed by atoms with Crippen LogP contribution in [0.2, 0.25) is 0 Å². The molecule has 1 amide bonds. The predicted octanol–water partition coefficient (Wildman–Crippen LogP) is 1.88. The van der Waals surface area contributed by atoms with Crippen LogP contribution < -0.4 is 5.32 Å². The van der Waals surface area contributed by atoms with Crippen LogP contribution >= 0.6 is 0 Å². The van der Waals surface area contributed by atoms with E-state index in [9.17, 15) is 9.59 Å². The highest BCUT2D eigenvalue weighted by Crippen LogP contribution is 2.20. The second kappa shape index (κ2) is 10.4. The molecule has 32 heavy (non-hydrogen) atoms. The number of pyridine rings is 1. The minimum absolute atomic E-state index is 0.320. The highest BCUT2D eigenvalue weighted by molar-refractivity contribution is 6.07. The van der Waals surface area contributed by atoms with Crippen molar-refractivity contribution in [3.63, 3.8) is 0 Å². The zero-order valence-electron chi connectivity index (χ0n) is 18.2. The Labute approximate surface area is 187 Å². The summed E-state index contributed by atoms with van der Waals surface area (Å²) in [4.78, 5) is 32.4. The lowest BCUT2D eigenvalue weighted by molar-refractivity contribution is -0.142. The molecule has 1 aliphatic rings. The average molecular weight is 437 g/mol. The third-order valence-corrected chi connectivity index (χ3v) is 5.71. The summed E-state index contributed by atoms with van der Waals surface area (Å²) in [5, 5.41) is 3.62. The maximum Gasteiger partial charge on any atom is 0.328 e. The van der Waals surface area contributed by atoms with Gasteiger partial charge in [0, 0.05) is 50.4 Å². The first-order valence-corrected chi connectivity index (χ1v) is 10.8.